The number of rotatable bonds is 4. The fourth-order valence-corrected chi connectivity index (χ4v) is 3.47. The normalized spacial score (nSPS) is 15.5. The summed E-state index contributed by atoms with van der Waals surface area (Å²) >= 11 is 3.32. The highest BCUT2D eigenvalue weighted by Gasteiger charge is 2.36. The average Bonchev–Trinajstić information content (AvgIpc) is 3.20. The van der Waals surface area contributed by atoms with Gasteiger partial charge in [-0.3, -0.25) is 14.9 Å². The van der Waals surface area contributed by atoms with E-state index in [1.165, 1.54) is 6.08 Å². The monoisotopic (exact) mass is 465 g/mol. The van der Waals surface area contributed by atoms with Crippen LogP contribution in [0.4, 0.5) is 10.5 Å². The number of imide groups is 2. The summed E-state index contributed by atoms with van der Waals surface area (Å²) in [4.78, 5) is 38.5. The summed E-state index contributed by atoms with van der Waals surface area (Å²) in [5.74, 6) is -0.664. The smallest absolute Gasteiger partial charge is 0.335 e. The highest BCUT2D eigenvalue weighted by Crippen LogP contribution is 2.25. The maximum atomic E-state index is 12.9. The van der Waals surface area contributed by atoms with Gasteiger partial charge in [0, 0.05) is 22.6 Å². The highest BCUT2D eigenvalue weighted by atomic mass is 79.9. The van der Waals surface area contributed by atoms with Crippen LogP contribution >= 0.6 is 15.9 Å². The topological polar surface area (TPSA) is 80.6 Å². The van der Waals surface area contributed by atoms with Crippen molar-refractivity contribution in [2.24, 2.45) is 0 Å². The van der Waals surface area contributed by atoms with Gasteiger partial charge < -0.3 is 9.30 Å². The van der Waals surface area contributed by atoms with Crippen molar-refractivity contribution in [1.82, 2.24) is 9.88 Å². The quantitative estimate of drug-likeness (QED) is 0.467. The van der Waals surface area contributed by atoms with E-state index in [0.29, 0.717) is 15.7 Å². The molecule has 4 rings (SSSR count). The van der Waals surface area contributed by atoms with Crippen LogP contribution in [0, 0.1) is 0 Å². The van der Waals surface area contributed by atoms with Crippen LogP contribution in [0.5, 0.6) is 5.75 Å². The second-order valence-corrected chi connectivity index (χ2v) is 7.40. The van der Waals surface area contributed by atoms with Gasteiger partial charge in [0.2, 0.25) is 0 Å². The maximum absolute atomic E-state index is 12.9. The van der Waals surface area contributed by atoms with Crippen LogP contribution < -0.4 is 15.0 Å². The van der Waals surface area contributed by atoms with Crippen molar-refractivity contribution in [2.75, 3.05) is 12.0 Å². The molecule has 1 saturated heterocycles. The van der Waals surface area contributed by atoms with E-state index in [1.54, 1.807) is 43.6 Å². The lowest BCUT2D eigenvalue weighted by molar-refractivity contribution is -0.122. The first kappa shape index (κ1) is 19.7. The van der Waals surface area contributed by atoms with Crippen molar-refractivity contribution in [3.8, 4) is 11.4 Å². The third kappa shape index (κ3) is 3.77. The molecule has 0 radical (unpaired) electrons. The Morgan fingerprint density at radius 2 is 1.77 bits per heavy atom. The molecule has 1 aromatic heterocycles. The van der Waals surface area contributed by atoms with E-state index >= 15 is 0 Å². The molecule has 3 aromatic rings. The van der Waals surface area contributed by atoms with Crippen LogP contribution in [0.15, 0.2) is 77.0 Å². The molecule has 1 N–H and O–H groups in total. The molecule has 4 amide bonds. The summed E-state index contributed by atoms with van der Waals surface area (Å²) in [6.45, 7) is 0. The van der Waals surface area contributed by atoms with Crippen LogP contribution in [0.2, 0.25) is 0 Å². The number of nitrogens with zero attached hydrogens (tertiary/aromatic N) is 2. The maximum Gasteiger partial charge on any atom is 0.335 e. The Hall–Kier alpha value is -3.65. The van der Waals surface area contributed by atoms with Gasteiger partial charge in [-0.25, -0.2) is 9.69 Å². The molecule has 30 heavy (non-hydrogen) atoms. The minimum absolute atomic E-state index is 0.123. The number of amides is 4. The van der Waals surface area contributed by atoms with E-state index in [9.17, 15) is 14.4 Å². The molecule has 1 aliphatic rings. The van der Waals surface area contributed by atoms with Gasteiger partial charge in [0.1, 0.15) is 11.3 Å². The van der Waals surface area contributed by atoms with Gasteiger partial charge in [-0.05, 0) is 60.2 Å². The number of hydrogen-bond acceptors (Lipinski definition) is 4. The second-order valence-electron chi connectivity index (χ2n) is 6.49. The molecular formula is C22H16BrN3O4. The van der Waals surface area contributed by atoms with Crippen molar-refractivity contribution in [3.05, 3.63) is 82.6 Å². The number of carbonyl (C=O) groups excluding carboxylic acids is 3. The standard InChI is InChI=1S/C22H16BrN3O4/c1-30-18-7-5-16(6-8-18)25-10-9-14(13-25)11-19-20(27)24-22(29)26(21(19)28)17-4-2-3-15(23)12-17/h2-13H,1H3,(H,24,27,29)/b19-11-. The summed E-state index contributed by atoms with van der Waals surface area (Å²) < 4.78 is 7.72. The Morgan fingerprint density at radius 3 is 2.47 bits per heavy atom. The first-order valence-corrected chi connectivity index (χ1v) is 9.75. The number of carbonyl (C=O) groups is 3. The molecule has 8 heteroatoms. The van der Waals surface area contributed by atoms with Crippen molar-refractivity contribution in [1.29, 1.82) is 0 Å². The molecule has 1 fully saturated rings. The fraction of sp³-hybridized carbons (Fsp3) is 0.0455. The largest absolute Gasteiger partial charge is 0.497 e. The van der Waals surface area contributed by atoms with E-state index in [0.717, 1.165) is 16.3 Å². The van der Waals surface area contributed by atoms with E-state index < -0.39 is 17.8 Å². The SMILES string of the molecule is COc1ccc(-n2ccc(/C=C3/C(=O)NC(=O)N(c4cccc(Br)c4)C3=O)c2)cc1. The zero-order valence-corrected chi connectivity index (χ0v) is 17.4. The van der Waals surface area contributed by atoms with Gasteiger partial charge in [-0.2, -0.15) is 0 Å². The van der Waals surface area contributed by atoms with Gasteiger partial charge >= 0.3 is 6.03 Å². The third-order valence-corrected chi connectivity index (χ3v) is 5.06. The van der Waals surface area contributed by atoms with E-state index in [-0.39, 0.29) is 5.57 Å². The molecule has 0 aliphatic carbocycles. The highest BCUT2D eigenvalue weighted by molar-refractivity contribution is 9.10. The zero-order chi connectivity index (χ0) is 21.3. The zero-order valence-electron chi connectivity index (χ0n) is 15.8. The Morgan fingerprint density at radius 1 is 1.00 bits per heavy atom. The predicted octanol–water partition coefficient (Wildman–Crippen LogP) is 3.91. The number of barbiturate groups is 1. The lowest BCUT2D eigenvalue weighted by atomic mass is 10.1. The number of hydrogen-bond donors (Lipinski definition) is 1. The Labute approximate surface area is 180 Å². The summed E-state index contributed by atoms with van der Waals surface area (Å²) in [5, 5.41) is 2.22. The molecule has 0 bridgehead atoms. The number of nitrogens with one attached hydrogen (secondary N) is 1. The lowest BCUT2D eigenvalue weighted by Crippen LogP contribution is -2.54. The Kier molecular flexibility index (Phi) is 5.24. The van der Waals surface area contributed by atoms with Gasteiger partial charge in [-0.15, -0.1) is 0 Å². The number of aromatic nitrogens is 1. The minimum Gasteiger partial charge on any atom is -0.497 e. The number of anilines is 1. The number of methoxy groups -OCH3 is 1. The van der Waals surface area contributed by atoms with Crippen molar-refractivity contribution < 1.29 is 19.1 Å². The second kappa shape index (κ2) is 8.00. The number of ether oxygens (including phenoxy) is 1. The number of benzene rings is 2. The summed E-state index contributed by atoms with van der Waals surface area (Å²) in [6, 6.07) is 15.2. The molecule has 2 heterocycles. The summed E-state index contributed by atoms with van der Waals surface area (Å²) in [5.41, 5.74) is 1.78. The lowest BCUT2D eigenvalue weighted by Gasteiger charge is -2.26. The average molecular weight is 466 g/mol. The van der Waals surface area contributed by atoms with Crippen LogP contribution in [-0.4, -0.2) is 29.5 Å². The van der Waals surface area contributed by atoms with Crippen molar-refractivity contribution in [2.45, 2.75) is 0 Å². The van der Waals surface area contributed by atoms with Crippen LogP contribution in [-0.2, 0) is 9.59 Å². The molecule has 2 aromatic carbocycles. The number of halogens is 1. The predicted molar refractivity (Wildman–Crippen MR) is 115 cm³/mol. The third-order valence-electron chi connectivity index (χ3n) is 4.57. The molecule has 0 atom stereocenters. The van der Waals surface area contributed by atoms with Crippen LogP contribution in [0.3, 0.4) is 0 Å². The van der Waals surface area contributed by atoms with Crippen LogP contribution in [0.1, 0.15) is 5.56 Å². The van der Waals surface area contributed by atoms with E-state index in [1.807, 2.05) is 35.0 Å². The Balaban J connectivity index is 1.65. The van der Waals surface area contributed by atoms with Crippen molar-refractivity contribution in [3.63, 3.8) is 0 Å². The fourth-order valence-electron chi connectivity index (χ4n) is 3.09. The van der Waals surface area contributed by atoms with Crippen LogP contribution in [0.25, 0.3) is 11.8 Å². The van der Waals surface area contributed by atoms with Gasteiger partial charge in [0.25, 0.3) is 11.8 Å². The summed E-state index contributed by atoms with van der Waals surface area (Å²) in [6.07, 6.45) is 5.07. The molecule has 0 spiro atoms. The first-order valence-electron chi connectivity index (χ1n) is 8.96. The number of urea groups is 1. The van der Waals surface area contributed by atoms with Gasteiger partial charge in [0.05, 0.1) is 12.8 Å². The molecule has 1 aliphatic heterocycles. The molecule has 7 nitrogen and oxygen atoms in total. The molecule has 0 unspecified atom stereocenters. The van der Waals surface area contributed by atoms with E-state index in [4.69, 9.17) is 4.74 Å². The van der Waals surface area contributed by atoms with Gasteiger partial charge in [-0.1, -0.05) is 22.0 Å². The van der Waals surface area contributed by atoms with Crippen molar-refractivity contribution >= 4 is 45.5 Å². The first-order chi connectivity index (χ1) is 14.5. The molecule has 0 saturated carbocycles. The molecule has 150 valence electrons. The summed E-state index contributed by atoms with van der Waals surface area (Å²) in [7, 11) is 1.60. The Bertz CT molecular complexity index is 1180. The minimum atomic E-state index is -0.781. The van der Waals surface area contributed by atoms with E-state index in [2.05, 4.69) is 21.2 Å². The molecular weight excluding hydrogens is 450 g/mol. The van der Waals surface area contributed by atoms with Gasteiger partial charge in [0.15, 0.2) is 0 Å².